The Morgan fingerprint density at radius 3 is 2.43 bits per heavy atom. The molecule has 0 fully saturated rings. The van der Waals surface area contributed by atoms with Crippen LogP contribution in [0.4, 0.5) is 14.5 Å². The highest BCUT2D eigenvalue weighted by atomic mass is 127. The van der Waals surface area contributed by atoms with Crippen LogP contribution < -0.4 is 0 Å². The second kappa shape index (κ2) is 4.35. The Hall–Kier alpha value is -0.500. The number of nitro benzene ring substituents is 1. The molecule has 0 radical (unpaired) electrons. The van der Waals surface area contributed by atoms with Crippen LogP contribution in [-0.2, 0) is 0 Å². The van der Waals surface area contributed by atoms with Crippen molar-refractivity contribution in [1.82, 2.24) is 0 Å². The number of rotatable bonds is 2. The fourth-order valence-electron chi connectivity index (χ4n) is 0.885. The van der Waals surface area contributed by atoms with Gasteiger partial charge >= 0.3 is 0 Å². The zero-order valence-corrected chi connectivity index (χ0v) is 9.42. The largest absolute Gasteiger partial charge is 0.272 e. The van der Waals surface area contributed by atoms with Gasteiger partial charge in [0.2, 0.25) is 0 Å². The smallest absolute Gasteiger partial charge is 0.258 e. The highest BCUT2D eigenvalue weighted by Crippen LogP contribution is 2.34. The van der Waals surface area contributed by atoms with Crippen LogP contribution in [0, 0.1) is 13.7 Å². The lowest BCUT2D eigenvalue weighted by molar-refractivity contribution is -0.384. The van der Waals surface area contributed by atoms with Gasteiger partial charge in [-0.05, 0) is 22.6 Å². The van der Waals surface area contributed by atoms with E-state index in [4.69, 9.17) is 11.6 Å². The summed E-state index contributed by atoms with van der Waals surface area (Å²) < 4.78 is 24.8. The molecule has 0 heterocycles. The lowest BCUT2D eigenvalue weighted by atomic mass is 10.2. The average molecular weight is 333 g/mol. The van der Waals surface area contributed by atoms with Crippen molar-refractivity contribution in [3.05, 3.63) is 36.4 Å². The molecule has 1 rings (SSSR count). The molecule has 0 unspecified atom stereocenters. The molecular weight excluding hydrogens is 330 g/mol. The molecule has 0 aliphatic rings. The van der Waals surface area contributed by atoms with Gasteiger partial charge in [-0.25, -0.2) is 8.78 Å². The minimum absolute atomic E-state index is 0.0943. The molecule has 0 atom stereocenters. The first-order valence-corrected chi connectivity index (χ1v) is 4.80. The van der Waals surface area contributed by atoms with Crippen LogP contribution in [0.25, 0.3) is 0 Å². The fourth-order valence-corrected chi connectivity index (χ4v) is 2.19. The molecule has 0 saturated carbocycles. The van der Waals surface area contributed by atoms with E-state index in [9.17, 15) is 18.9 Å². The summed E-state index contributed by atoms with van der Waals surface area (Å²) in [6.07, 6.45) is -2.73. The first-order chi connectivity index (χ1) is 6.43. The molecule has 1 aromatic rings. The van der Waals surface area contributed by atoms with Crippen molar-refractivity contribution >= 4 is 39.9 Å². The van der Waals surface area contributed by atoms with Crippen molar-refractivity contribution in [1.29, 1.82) is 0 Å². The summed E-state index contributed by atoms with van der Waals surface area (Å²) in [6.45, 7) is 0. The lowest BCUT2D eigenvalue weighted by Crippen LogP contribution is -1.95. The number of alkyl halides is 2. The Balaban J connectivity index is 3.32. The summed E-state index contributed by atoms with van der Waals surface area (Å²) in [5.41, 5.74) is -0.651. The number of halogens is 4. The molecule has 76 valence electrons. The van der Waals surface area contributed by atoms with Crippen molar-refractivity contribution in [2.75, 3.05) is 0 Å². The van der Waals surface area contributed by atoms with Gasteiger partial charge in [-0.3, -0.25) is 10.1 Å². The summed E-state index contributed by atoms with van der Waals surface area (Å²) in [4.78, 5) is 9.67. The Morgan fingerprint density at radius 2 is 2.07 bits per heavy atom. The molecule has 0 aromatic heterocycles. The third-order valence-electron chi connectivity index (χ3n) is 1.49. The Morgan fingerprint density at radius 1 is 1.50 bits per heavy atom. The van der Waals surface area contributed by atoms with Crippen LogP contribution in [0.3, 0.4) is 0 Å². The summed E-state index contributed by atoms with van der Waals surface area (Å²) in [7, 11) is 0. The van der Waals surface area contributed by atoms with Crippen molar-refractivity contribution in [2.24, 2.45) is 0 Å². The molecule has 0 amide bonds. The van der Waals surface area contributed by atoms with E-state index >= 15 is 0 Å². The lowest BCUT2D eigenvalue weighted by Gasteiger charge is -2.05. The van der Waals surface area contributed by atoms with Crippen LogP contribution in [-0.4, -0.2) is 4.92 Å². The van der Waals surface area contributed by atoms with Gasteiger partial charge in [0.05, 0.1) is 15.5 Å². The fraction of sp³-hybridized carbons (Fsp3) is 0.143. The third-order valence-corrected chi connectivity index (χ3v) is 2.70. The Labute approximate surface area is 96.3 Å². The van der Waals surface area contributed by atoms with Crippen molar-refractivity contribution in [3.8, 4) is 0 Å². The van der Waals surface area contributed by atoms with E-state index in [1.54, 1.807) is 22.6 Å². The van der Waals surface area contributed by atoms with Gasteiger partial charge in [0.1, 0.15) is 0 Å². The zero-order valence-electron chi connectivity index (χ0n) is 6.51. The van der Waals surface area contributed by atoms with Crippen LogP contribution in [0.1, 0.15) is 12.0 Å². The number of hydrogen-bond donors (Lipinski definition) is 0. The second-order valence-electron chi connectivity index (χ2n) is 2.38. The van der Waals surface area contributed by atoms with Gasteiger partial charge in [0.25, 0.3) is 12.1 Å². The summed E-state index contributed by atoms with van der Waals surface area (Å²) in [5.74, 6) is 0. The van der Waals surface area contributed by atoms with E-state index in [0.717, 1.165) is 12.1 Å². The van der Waals surface area contributed by atoms with Crippen molar-refractivity contribution < 1.29 is 13.7 Å². The summed E-state index contributed by atoms with van der Waals surface area (Å²) in [6, 6.07) is 1.99. The van der Waals surface area contributed by atoms with E-state index in [1.165, 1.54) is 0 Å². The van der Waals surface area contributed by atoms with E-state index in [1.807, 2.05) is 0 Å². The number of benzene rings is 1. The van der Waals surface area contributed by atoms with Crippen LogP contribution in [0.15, 0.2) is 12.1 Å². The first-order valence-electron chi connectivity index (χ1n) is 3.35. The monoisotopic (exact) mass is 333 g/mol. The van der Waals surface area contributed by atoms with Gasteiger partial charge < -0.3 is 0 Å². The number of non-ortho nitro benzene ring substituents is 1. The molecule has 0 aliphatic heterocycles. The maximum Gasteiger partial charge on any atom is 0.272 e. The number of nitrogens with zero attached hydrogens (tertiary/aromatic N) is 1. The highest BCUT2D eigenvalue weighted by Gasteiger charge is 2.20. The highest BCUT2D eigenvalue weighted by molar-refractivity contribution is 14.1. The minimum Gasteiger partial charge on any atom is -0.258 e. The predicted molar refractivity (Wildman–Crippen MR) is 55.8 cm³/mol. The molecular formula is C7H3ClF2INO2. The maximum atomic E-state index is 12.4. The van der Waals surface area contributed by atoms with Crippen molar-refractivity contribution in [3.63, 3.8) is 0 Å². The van der Waals surface area contributed by atoms with Gasteiger partial charge in [0, 0.05) is 15.7 Å². The first kappa shape index (κ1) is 11.6. The molecule has 0 saturated heterocycles. The van der Waals surface area contributed by atoms with Crippen LogP contribution >= 0.6 is 34.2 Å². The summed E-state index contributed by atoms with van der Waals surface area (Å²) in [5, 5.41) is 10.1. The van der Waals surface area contributed by atoms with Gasteiger partial charge in [-0.15, -0.1) is 0 Å². The molecule has 0 bridgehead atoms. The molecule has 0 N–H and O–H groups in total. The van der Waals surface area contributed by atoms with Gasteiger partial charge in [-0.2, -0.15) is 0 Å². The topological polar surface area (TPSA) is 43.1 Å². The van der Waals surface area contributed by atoms with Crippen LogP contribution in [0.5, 0.6) is 0 Å². The average Bonchev–Trinajstić information content (AvgIpc) is 2.01. The predicted octanol–water partition coefficient (Wildman–Crippen LogP) is 3.79. The summed E-state index contributed by atoms with van der Waals surface area (Å²) >= 11 is 7.08. The maximum absolute atomic E-state index is 12.4. The van der Waals surface area contributed by atoms with Crippen LogP contribution in [0.2, 0.25) is 5.02 Å². The van der Waals surface area contributed by atoms with Crippen molar-refractivity contribution in [2.45, 2.75) is 6.43 Å². The standard InChI is InChI=1S/C7H3ClF2INO2/c8-4-1-3(12(13)14)2-5(11)6(4)7(9)10/h1-2,7H. The molecule has 0 aliphatic carbocycles. The van der Waals surface area contributed by atoms with E-state index in [0.29, 0.717) is 0 Å². The number of nitro groups is 1. The third kappa shape index (κ3) is 2.30. The number of hydrogen-bond acceptors (Lipinski definition) is 2. The molecule has 1 aromatic carbocycles. The molecule has 14 heavy (non-hydrogen) atoms. The molecule has 3 nitrogen and oxygen atoms in total. The minimum atomic E-state index is -2.73. The molecule has 7 heteroatoms. The van der Waals surface area contributed by atoms with E-state index in [-0.39, 0.29) is 19.8 Å². The normalized spacial score (nSPS) is 10.6. The quantitative estimate of drug-likeness (QED) is 0.469. The van der Waals surface area contributed by atoms with Gasteiger partial charge in [0.15, 0.2) is 0 Å². The SMILES string of the molecule is O=[N+]([O-])c1cc(Cl)c(C(F)F)c(I)c1. The zero-order chi connectivity index (χ0) is 10.9. The molecule has 0 spiro atoms. The van der Waals surface area contributed by atoms with E-state index < -0.39 is 11.3 Å². The second-order valence-corrected chi connectivity index (χ2v) is 3.95. The Kier molecular flexibility index (Phi) is 3.59. The van der Waals surface area contributed by atoms with Gasteiger partial charge in [-0.1, -0.05) is 11.6 Å². The Bertz CT molecular complexity index is 363. The van der Waals surface area contributed by atoms with E-state index in [2.05, 4.69) is 0 Å².